The Bertz CT molecular complexity index is 383. The van der Waals surface area contributed by atoms with E-state index in [9.17, 15) is 5.11 Å². The SMILES string of the molecule is CC1CCCCN1CCC(O)c1cccc(Br)c1. The van der Waals surface area contributed by atoms with Gasteiger partial charge in [-0.3, -0.25) is 0 Å². The zero-order valence-electron chi connectivity index (χ0n) is 11.0. The second-order valence-electron chi connectivity index (χ2n) is 5.24. The van der Waals surface area contributed by atoms with Crippen molar-refractivity contribution in [1.82, 2.24) is 4.90 Å². The predicted octanol–water partition coefficient (Wildman–Crippen LogP) is 3.75. The molecule has 0 spiro atoms. The van der Waals surface area contributed by atoms with Crippen molar-refractivity contribution in [2.75, 3.05) is 13.1 Å². The third-order valence-corrected chi connectivity index (χ3v) is 4.36. The van der Waals surface area contributed by atoms with Crippen LogP contribution in [0.2, 0.25) is 0 Å². The number of hydrogen-bond donors (Lipinski definition) is 1. The van der Waals surface area contributed by atoms with E-state index in [0.29, 0.717) is 6.04 Å². The fourth-order valence-corrected chi connectivity index (χ4v) is 3.08. The monoisotopic (exact) mass is 311 g/mol. The van der Waals surface area contributed by atoms with Gasteiger partial charge in [-0.2, -0.15) is 0 Å². The molecule has 1 N–H and O–H groups in total. The average Bonchev–Trinajstić information content (AvgIpc) is 2.37. The van der Waals surface area contributed by atoms with E-state index < -0.39 is 0 Å². The van der Waals surface area contributed by atoms with Crippen LogP contribution in [-0.4, -0.2) is 29.1 Å². The van der Waals surface area contributed by atoms with Gasteiger partial charge >= 0.3 is 0 Å². The summed E-state index contributed by atoms with van der Waals surface area (Å²) in [4.78, 5) is 2.50. The lowest BCUT2D eigenvalue weighted by Gasteiger charge is -2.33. The van der Waals surface area contributed by atoms with Gasteiger partial charge in [-0.15, -0.1) is 0 Å². The third-order valence-electron chi connectivity index (χ3n) is 3.86. The molecule has 3 heteroatoms. The van der Waals surface area contributed by atoms with Crippen LogP contribution in [0.3, 0.4) is 0 Å². The lowest BCUT2D eigenvalue weighted by molar-refractivity contribution is 0.109. The number of aliphatic hydroxyl groups excluding tert-OH is 1. The predicted molar refractivity (Wildman–Crippen MR) is 78.6 cm³/mol. The van der Waals surface area contributed by atoms with Crippen LogP contribution in [0.5, 0.6) is 0 Å². The quantitative estimate of drug-likeness (QED) is 0.915. The first-order valence-electron chi connectivity index (χ1n) is 6.84. The summed E-state index contributed by atoms with van der Waals surface area (Å²) in [5.74, 6) is 0. The summed E-state index contributed by atoms with van der Waals surface area (Å²) in [7, 11) is 0. The van der Waals surface area contributed by atoms with Crippen LogP contribution >= 0.6 is 15.9 Å². The zero-order chi connectivity index (χ0) is 13.0. The molecule has 2 nitrogen and oxygen atoms in total. The van der Waals surface area contributed by atoms with Crippen LogP contribution in [0.4, 0.5) is 0 Å². The number of benzene rings is 1. The number of hydrogen-bond acceptors (Lipinski definition) is 2. The fraction of sp³-hybridized carbons (Fsp3) is 0.600. The Morgan fingerprint density at radius 3 is 3.00 bits per heavy atom. The number of likely N-dealkylation sites (tertiary alicyclic amines) is 1. The second-order valence-corrected chi connectivity index (χ2v) is 6.16. The van der Waals surface area contributed by atoms with Gasteiger partial charge in [0.15, 0.2) is 0 Å². The van der Waals surface area contributed by atoms with Crippen LogP contribution in [-0.2, 0) is 0 Å². The Morgan fingerprint density at radius 1 is 1.44 bits per heavy atom. The molecular weight excluding hydrogens is 290 g/mol. The summed E-state index contributed by atoms with van der Waals surface area (Å²) in [6.45, 7) is 4.48. The van der Waals surface area contributed by atoms with Crippen LogP contribution in [0.1, 0.15) is 44.3 Å². The highest BCUT2D eigenvalue weighted by Crippen LogP contribution is 2.23. The number of rotatable bonds is 4. The Labute approximate surface area is 118 Å². The molecule has 0 radical (unpaired) electrons. The Morgan fingerprint density at radius 2 is 2.28 bits per heavy atom. The van der Waals surface area contributed by atoms with Crippen LogP contribution in [0.15, 0.2) is 28.7 Å². The van der Waals surface area contributed by atoms with E-state index in [2.05, 4.69) is 27.8 Å². The van der Waals surface area contributed by atoms with Crippen molar-refractivity contribution in [2.24, 2.45) is 0 Å². The highest BCUT2D eigenvalue weighted by Gasteiger charge is 2.19. The van der Waals surface area contributed by atoms with Gasteiger partial charge in [-0.25, -0.2) is 0 Å². The van der Waals surface area contributed by atoms with Gasteiger partial charge in [0.1, 0.15) is 0 Å². The van der Waals surface area contributed by atoms with Crippen molar-refractivity contribution in [3.8, 4) is 0 Å². The number of halogens is 1. The summed E-state index contributed by atoms with van der Waals surface area (Å²) < 4.78 is 1.03. The van der Waals surface area contributed by atoms with Gasteiger partial charge in [0.2, 0.25) is 0 Å². The highest BCUT2D eigenvalue weighted by atomic mass is 79.9. The molecule has 2 unspecified atom stereocenters. The minimum Gasteiger partial charge on any atom is -0.388 e. The lowest BCUT2D eigenvalue weighted by Crippen LogP contribution is -2.38. The molecule has 0 saturated carbocycles. The second kappa shape index (κ2) is 6.69. The molecule has 18 heavy (non-hydrogen) atoms. The summed E-state index contributed by atoms with van der Waals surface area (Å²) in [5.41, 5.74) is 1.01. The van der Waals surface area contributed by atoms with Crippen molar-refractivity contribution in [3.63, 3.8) is 0 Å². The fourth-order valence-electron chi connectivity index (χ4n) is 2.66. The molecule has 0 bridgehead atoms. The summed E-state index contributed by atoms with van der Waals surface area (Å²) in [5, 5.41) is 10.2. The summed E-state index contributed by atoms with van der Waals surface area (Å²) >= 11 is 3.45. The Kier molecular flexibility index (Phi) is 5.22. The first kappa shape index (κ1) is 14.0. The van der Waals surface area contributed by atoms with E-state index >= 15 is 0 Å². The van der Waals surface area contributed by atoms with E-state index in [1.165, 1.54) is 25.8 Å². The molecule has 100 valence electrons. The number of nitrogens with zero attached hydrogens (tertiary/aromatic N) is 1. The largest absolute Gasteiger partial charge is 0.388 e. The van der Waals surface area contributed by atoms with Gasteiger partial charge in [-0.1, -0.05) is 34.5 Å². The molecular formula is C15H22BrNO. The molecule has 2 rings (SSSR count). The number of piperidine rings is 1. The Hall–Kier alpha value is -0.380. The summed E-state index contributed by atoms with van der Waals surface area (Å²) in [6, 6.07) is 8.64. The molecule has 0 amide bonds. The first-order chi connectivity index (χ1) is 8.66. The number of aliphatic hydroxyl groups is 1. The smallest absolute Gasteiger partial charge is 0.0802 e. The maximum absolute atomic E-state index is 10.2. The standard InChI is InChI=1S/C15H22BrNO/c1-12-5-2-3-9-17(12)10-8-15(18)13-6-4-7-14(16)11-13/h4,6-7,11-12,15,18H,2-3,5,8-10H2,1H3. The zero-order valence-corrected chi connectivity index (χ0v) is 12.6. The van der Waals surface area contributed by atoms with Gasteiger partial charge in [-0.05, 0) is 50.4 Å². The molecule has 0 aliphatic carbocycles. The van der Waals surface area contributed by atoms with Crippen LogP contribution in [0, 0.1) is 0 Å². The van der Waals surface area contributed by atoms with Crippen molar-refractivity contribution in [2.45, 2.75) is 44.8 Å². The van der Waals surface area contributed by atoms with Gasteiger partial charge < -0.3 is 10.0 Å². The van der Waals surface area contributed by atoms with Gasteiger partial charge in [0.25, 0.3) is 0 Å². The topological polar surface area (TPSA) is 23.5 Å². The van der Waals surface area contributed by atoms with Crippen molar-refractivity contribution in [1.29, 1.82) is 0 Å². The van der Waals surface area contributed by atoms with E-state index in [-0.39, 0.29) is 6.10 Å². The van der Waals surface area contributed by atoms with Crippen LogP contribution < -0.4 is 0 Å². The minimum atomic E-state index is -0.350. The molecule has 0 aromatic heterocycles. The highest BCUT2D eigenvalue weighted by molar-refractivity contribution is 9.10. The molecule has 1 heterocycles. The van der Waals surface area contributed by atoms with E-state index in [1.807, 2.05) is 24.3 Å². The first-order valence-corrected chi connectivity index (χ1v) is 7.63. The van der Waals surface area contributed by atoms with E-state index in [4.69, 9.17) is 0 Å². The maximum Gasteiger partial charge on any atom is 0.0802 e. The lowest BCUT2D eigenvalue weighted by atomic mass is 10.0. The van der Waals surface area contributed by atoms with Crippen molar-refractivity contribution < 1.29 is 5.11 Å². The third kappa shape index (κ3) is 3.81. The summed E-state index contributed by atoms with van der Waals surface area (Å²) in [6.07, 6.45) is 4.42. The van der Waals surface area contributed by atoms with Crippen molar-refractivity contribution in [3.05, 3.63) is 34.3 Å². The molecule has 1 saturated heterocycles. The molecule has 1 aliphatic heterocycles. The Balaban J connectivity index is 1.86. The van der Waals surface area contributed by atoms with E-state index in [0.717, 1.165) is 23.0 Å². The van der Waals surface area contributed by atoms with Crippen molar-refractivity contribution >= 4 is 15.9 Å². The molecule has 1 aromatic carbocycles. The molecule has 1 fully saturated rings. The van der Waals surface area contributed by atoms with E-state index in [1.54, 1.807) is 0 Å². The average molecular weight is 312 g/mol. The molecule has 1 aromatic rings. The maximum atomic E-state index is 10.2. The molecule has 1 aliphatic rings. The van der Waals surface area contributed by atoms with Crippen LogP contribution in [0.25, 0.3) is 0 Å². The van der Waals surface area contributed by atoms with Gasteiger partial charge in [0.05, 0.1) is 6.10 Å². The molecule has 2 atom stereocenters. The van der Waals surface area contributed by atoms with Gasteiger partial charge in [0, 0.05) is 17.1 Å². The minimum absolute atomic E-state index is 0.350. The normalized spacial score (nSPS) is 22.9.